The van der Waals surface area contributed by atoms with Gasteiger partial charge in [-0.3, -0.25) is 4.79 Å². The number of rotatable bonds is 5. The lowest BCUT2D eigenvalue weighted by Gasteiger charge is -2.27. The summed E-state index contributed by atoms with van der Waals surface area (Å²) in [5.74, 6) is 0.923. The van der Waals surface area contributed by atoms with Gasteiger partial charge in [-0.2, -0.15) is 0 Å². The van der Waals surface area contributed by atoms with Gasteiger partial charge in [-0.1, -0.05) is 13.8 Å². The van der Waals surface area contributed by atoms with E-state index in [0.717, 1.165) is 32.5 Å². The Morgan fingerprint density at radius 3 is 3.17 bits per heavy atom. The van der Waals surface area contributed by atoms with Crippen molar-refractivity contribution in [2.75, 3.05) is 19.6 Å². The van der Waals surface area contributed by atoms with Gasteiger partial charge in [0, 0.05) is 18.0 Å². The number of nitrogens with zero attached hydrogens (tertiary/aromatic N) is 1. The summed E-state index contributed by atoms with van der Waals surface area (Å²) in [6.45, 7) is 7.48. The molecule has 0 fully saturated rings. The summed E-state index contributed by atoms with van der Waals surface area (Å²) in [5, 5.41) is 5.37. The Bertz CT molecular complexity index is 400. The summed E-state index contributed by atoms with van der Waals surface area (Å²) in [6, 6.07) is 2.14. The van der Waals surface area contributed by atoms with Crippen LogP contribution in [0.1, 0.15) is 30.7 Å². The molecule has 0 aliphatic carbocycles. The second kappa shape index (κ2) is 6.34. The molecule has 0 saturated heterocycles. The summed E-state index contributed by atoms with van der Waals surface area (Å²) in [6.07, 6.45) is 2.15. The van der Waals surface area contributed by atoms with Crippen molar-refractivity contribution in [3.8, 4) is 0 Å². The standard InChI is InChI=1S/C14H22N2OS/c1-11(2)3-6-15-9-14(17)16-7-4-13-12(10-16)5-8-18-13/h5,8,11,15H,3-4,6-7,9-10H2,1-2H3. The molecule has 0 bridgehead atoms. The summed E-state index contributed by atoms with van der Waals surface area (Å²) >= 11 is 1.81. The molecule has 0 unspecified atom stereocenters. The van der Waals surface area contributed by atoms with Crippen LogP contribution in [0.3, 0.4) is 0 Å². The van der Waals surface area contributed by atoms with Crippen LogP contribution < -0.4 is 5.32 Å². The normalized spacial score (nSPS) is 14.9. The highest BCUT2D eigenvalue weighted by Gasteiger charge is 2.20. The molecule has 0 saturated carbocycles. The average molecular weight is 266 g/mol. The second-order valence-corrected chi connectivity index (χ2v) is 6.29. The number of thiophene rings is 1. The van der Waals surface area contributed by atoms with Gasteiger partial charge in [0.15, 0.2) is 0 Å². The van der Waals surface area contributed by atoms with E-state index in [1.165, 1.54) is 10.4 Å². The average Bonchev–Trinajstić information content (AvgIpc) is 2.81. The zero-order valence-electron chi connectivity index (χ0n) is 11.2. The fourth-order valence-electron chi connectivity index (χ4n) is 2.16. The molecule has 1 N–H and O–H groups in total. The van der Waals surface area contributed by atoms with Crippen LogP contribution in [0, 0.1) is 5.92 Å². The Morgan fingerprint density at radius 1 is 1.56 bits per heavy atom. The molecule has 3 nitrogen and oxygen atoms in total. The van der Waals surface area contributed by atoms with E-state index in [-0.39, 0.29) is 5.91 Å². The zero-order chi connectivity index (χ0) is 13.0. The van der Waals surface area contributed by atoms with Crippen molar-refractivity contribution < 1.29 is 4.79 Å². The quantitative estimate of drug-likeness (QED) is 0.829. The molecule has 4 heteroatoms. The van der Waals surface area contributed by atoms with Gasteiger partial charge in [0.05, 0.1) is 6.54 Å². The summed E-state index contributed by atoms with van der Waals surface area (Å²) in [5.41, 5.74) is 1.33. The smallest absolute Gasteiger partial charge is 0.236 e. The van der Waals surface area contributed by atoms with Crippen LogP contribution in [0.5, 0.6) is 0 Å². The van der Waals surface area contributed by atoms with Crippen molar-refractivity contribution in [1.29, 1.82) is 0 Å². The van der Waals surface area contributed by atoms with Gasteiger partial charge in [0.2, 0.25) is 5.91 Å². The van der Waals surface area contributed by atoms with Crippen LogP contribution in [0.2, 0.25) is 0 Å². The number of nitrogens with one attached hydrogen (secondary N) is 1. The molecule has 0 spiro atoms. The minimum absolute atomic E-state index is 0.232. The van der Waals surface area contributed by atoms with Crippen LogP contribution in [0.25, 0.3) is 0 Å². The summed E-state index contributed by atoms with van der Waals surface area (Å²) < 4.78 is 0. The Morgan fingerprint density at radius 2 is 2.39 bits per heavy atom. The number of carbonyl (C=O) groups is 1. The molecule has 2 heterocycles. The maximum atomic E-state index is 12.0. The minimum Gasteiger partial charge on any atom is -0.337 e. The molecule has 0 aromatic carbocycles. The lowest BCUT2D eigenvalue weighted by molar-refractivity contribution is -0.131. The Balaban J connectivity index is 1.74. The van der Waals surface area contributed by atoms with E-state index in [0.29, 0.717) is 12.5 Å². The number of hydrogen-bond donors (Lipinski definition) is 1. The Labute approximate surface area is 113 Å². The third-order valence-electron chi connectivity index (χ3n) is 3.34. The topological polar surface area (TPSA) is 32.3 Å². The number of amides is 1. The van der Waals surface area contributed by atoms with Gasteiger partial charge in [0.1, 0.15) is 0 Å². The maximum Gasteiger partial charge on any atom is 0.236 e. The van der Waals surface area contributed by atoms with Crippen LogP contribution in [-0.2, 0) is 17.8 Å². The highest BCUT2D eigenvalue weighted by atomic mass is 32.1. The van der Waals surface area contributed by atoms with Gasteiger partial charge in [-0.05, 0) is 42.3 Å². The minimum atomic E-state index is 0.232. The molecule has 18 heavy (non-hydrogen) atoms. The SMILES string of the molecule is CC(C)CCNCC(=O)N1CCc2sccc2C1. The predicted octanol–water partition coefficient (Wildman–Crippen LogP) is 2.27. The van der Waals surface area contributed by atoms with Gasteiger partial charge >= 0.3 is 0 Å². The number of fused-ring (bicyclic) bond motifs is 1. The molecule has 0 radical (unpaired) electrons. The van der Waals surface area contributed by atoms with Gasteiger partial charge in [0.25, 0.3) is 0 Å². The van der Waals surface area contributed by atoms with Crippen LogP contribution in [0.15, 0.2) is 11.4 Å². The zero-order valence-corrected chi connectivity index (χ0v) is 12.1. The third kappa shape index (κ3) is 3.56. The van der Waals surface area contributed by atoms with Crippen LogP contribution >= 0.6 is 11.3 Å². The van der Waals surface area contributed by atoms with E-state index < -0.39 is 0 Å². The molecular formula is C14H22N2OS. The van der Waals surface area contributed by atoms with Crippen LogP contribution in [-0.4, -0.2) is 30.4 Å². The highest BCUT2D eigenvalue weighted by Crippen LogP contribution is 2.23. The first-order valence-corrected chi connectivity index (χ1v) is 7.58. The highest BCUT2D eigenvalue weighted by molar-refractivity contribution is 7.10. The summed E-state index contributed by atoms with van der Waals surface area (Å²) in [4.78, 5) is 15.5. The monoisotopic (exact) mass is 266 g/mol. The first-order valence-electron chi connectivity index (χ1n) is 6.70. The first kappa shape index (κ1) is 13.6. The van der Waals surface area contributed by atoms with Crippen LogP contribution in [0.4, 0.5) is 0 Å². The van der Waals surface area contributed by atoms with E-state index in [1.807, 2.05) is 16.2 Å². The maximum absolute atomic E-state index is 12.0. The third-order valence-corrected chi connectivity index (χ3v) is 4.36. The van der Waals surface area contributed by atoms with Crippen molar-refractivity contribution in [2.24, 2.45) is 5.92 Å². The molecule has 1 amide bonds. The molecule has 1 aromatic rings. The van der Waals surface area contributed by atoms with Crippen molar-refractivity contribution in [1.82, 2.24) is 10.2 Å². The first-order chi connectivity index (χ1) is 8.66. The molecule has 100 valence electrons. The Hall–Kier alpha value is -0.870. The van der Waals surface area contributed by atoms with Crippen molar-refractivity contribution in [2.45, 2.75) is 33.2 Å². The van der Waals surface area contributed by atoms with E-state index in [1.54, 1.807) is 0 Å². The molecule has 2 rings (SSSR count). The van der Waals surface area contributed by atoms with E-state index in [2.05, 4.69) is 30.6 Å². The van der Waals surface area contributed by atoms with Crippen molar-refractivity contribution in [3.63, 3.8) is 0 Å². The van der Waals surface area contributed by atoms with Gasteiger partial charge in [-0.15, -0.1) is 11.3 Å². The molecule has 1 aromatic heterocycles. The lowest BCUT2D eigenvalue weighted by atomic mass is 10.1. The van der Waals surface area contributed by atoms with Gasteiger partial charge in [-0.25, -0.2) is 0 Å². The predicted molar refractivity (Wildman–Crippen MR) is 75.8 cm³/mol. The number of carbonyl (C=O) groups excluding carboxylic acids is 1. The second-order valence-electron chi connectivity index (χ2n) is 5.29. The van der Waals surface area contributed by atoms with E-state index in [4.69, 9.17) is 0 Å². The molecule has 0 atom stereocenters. The fraction of sp³-hybridized carbons (Fsp3) is 0.643. The fourth-order valence-corrected chi connectivity index (χ4v) is 3.05. The molecule has 1 aliphatic heterocycles. The molecule has 1 aliphatic rings. The largest absolute Gasteiger partial charge is 0.337 e. The molecular weight excluding hydrogens is 244 g/mol. The lowest BCUT2D eigenvalue weighted by Crippen LogP contribution is -2.41. The van der Waals surface area contributed by atoms with E-state index >= 15 is 0 Å². The summed E-state index contributed by atoms with van der Waals surface area (Å²) in [7, 11) is 0. The van der Waals surface area contributed by atoms with Crippen molar-refractivity contribution >= 4 is 17.2 Å². The van der Waals surface area contributed by atoms with Crippen molar-refractivity contribution in [3.05, 3.63) is 21.9 Å². The Kier molecular flexibility index (Phi) is 4.78. The van der Waals surface area contributed by atoms with E-state index in [9.17, 15) is 4.79 Å². The van der Waals surface area contributed by atoms with Gasteiger partial charge < -0.3 is 10.2 Å². The number of hydrogen-bond acceptors (Lipinski definition) is 3.